The number of H-pyrrole nitrogens is 2. The molecular formula is C25H21N7O5. The normalized spacial score (nSPS) is 11.8. The Morgan fingerprint density at radius 1 is 0.811 bits per heavy atom. The van der Waals surface area contributed by atoms with Crippen LogP contribution in [0.15, 0.2) is 81.8 Å². The summed E-state index contributed by atoms with van der Waals surface area (Å²) in [7, 11) is 0. The lowest BCUT2D eigenvalue weighted by atomic mass is 10.1. The molecule has 0 fully saturated rings. The van der Waals surface area contributed by atoms with Crippen molar-refractivity contribution in [2.24, 2.45) is 16.0 Å². The Morgan fingerprint density at radius 2 is 1.43 bits per heavy atom. The van der Waals surface area contributed by atoms with Crippen LogP contribution in [0.25, 0.3) is 11.0 Å². The predicted octanol–water partition coefficient (Wildman–Crippen LogP) is 2.89. The predicted molar refractivity (Wildman–Crippen MR) is 136 cm³/mol. The van der Waals surface area contributed by atoms with E-state index in [1.165, 1.54) is 43.3 Å². The number of imidazole rings is 1. The number of hydrogen-bond acceptors (Lipinski definition) is 7. The second-order valence-corrected chi connectivity index (χ2v) is 8.00. The molecule has 4 aromatic rings. The molecule has 0 spiro atoms. The summed E-state index contributed by atoms with van der Waals surface area (Å²) in [6.45, 7) is 1.22. The molecule has 12 nitrogen and oxygen atoms in total. The van der Waals surface area contributed by atoms with Gasteiger partial charge in [0.25, 0.3) is 11.8 Å². The number of aromatic nitrogens is 2. The standard InChI is InChI=1S/C25H21N7O5/c1-13(33)21(24(36)28-18-10-11-19-20(12-18)30-25(37)29-19)32-31-17-8-4-15(5-9-17)23(35)27-16-6-2-14(3-7-16)22(26)34/h2-12,21H,1H3,(H2,26,34)(H,27,35)(H,28,36)(H2,29,30,37). The molecule has 1 aromatic heterocycles. The van der Waals surface area contributed by atoms with E-state index in [1.54, 1.807) is 30.3 Å². The highest BCUT2D eigenvalue weighted by Crippen LogP contribution is 2.18. The van der Waals surface area contributed by atoms with Crippen molar-refractivity contribution in [1.82, 2.24) is 9.97 Å². The van der Waals surface area contributed by atoms with E-state index in [-0.39, 0.29) is 5.69 Å². The van der Waals surface area contributed by atoms with E-state index in [1.807, 2.05) is 0 Å². The molecule has 4 rings (SSSR count). The first kappa shape index (κ1) is 24.7. The summed E-state index contributed by atoms with van der Waals surface area (Å²) in [6.07, 6.45) is 0. The first-order valence-corrected chi connectivity index (χ1v) is 10.9. The second kappa shape index (κ2) is 10.5. The summed E-state index contributed by atoms with van der Waals surface area (Å²) in [5.41, 5.74) is 7.73. The zero-order valence-electron chi connectivity index (χ0n) is 19.4. The first-order valence-electron chi connectivity index (χ1n) is 10.9. The average molecular weight is 499 g/mol. The van der Waals surface area contributed by atoms with Crippen LogP contribution < -0.4 is 22.1 Å². The van der Waals surface area contributed by atoms with Gasteiger partial charge in [-0.2, -0.15) is 10.2 Å². The Hall–Kier alpha value is -5.39. The van der Waals surface area contributed by atoms with Crippen molar-refractivity contribution in [2.75, 3.05) is 10.6 Å². The van der Waals surface area contributed by atoms with Crippen LogP contribution in [0.4, 0.5) is 17.1 Å². The van der Waals surface area contributed by atoms with Gasteiger partial charge in [0.1, 0.15) is 0 Å². The summed E-state index contributed by atoms with van der Waals surface area (Å²) < 4.78 is 0. The quantitative estimate of drug-likeness (QED) is 0.183. The molecule has 12 heteroatoms. The van der Waals surface area contributed by atoms with E-state index >= 15 is 0 Å². The number of amides is 3. The summed E-state index contributed by atoms with van der Waals surface area (Å²) in [6, 6.07) is 15.5. The molecular weight excluding hydrogens is 478 g/mol. The van der Waals surface area contributed by atoms with Crippen molar-refractivity contribution in [3.8, 4) is 0 Å². The number of hydrogen-bond donors (Lipinski definition) is 5. The number of nitrogens with zero attached hydrogens (tertiary/aromatic N) is 2. The minimum absolute atomic E-state index is 0.323. The third kappa shape index (κ3) is 6.00. The van der Waals surface area contributed by atoms with E-state index in [0.29, 0.717) is 39.2 Å². The smallest absolute Gasteiger partial charge is 0.323 e. The number of ketones is 1. The maximum atomic E-state index is 12.6. The molecule has 3 amide bonds. The molecule has 1 atom stereocenters. The minimum atomic E-state index is -1.40. The third-order valence-electron chi connectivity index (χ3n) is 5.26. The number of rotatable bonds is 8. The highest BCUT2D eigenvalue weighted by molar-refractivity contribution is 6.10. The molecule has 6 N–H and O–H groups in total. The van der Waals surface area contributed by atoms with Gasteiger partial charge in [-0.3, -0.25) is 19.2 Å². The molecule has 0 bridgehead atoms. The second-order valence-electron chi connectivity index (χ2n) is 8.00. The fraction of sp³-hybridized carbons (Fsp3) is 0.0800. The number of carbonyl (C=O) groups is 4. The lowest BCUT2D eigenvalue weighted by Gasteiger charge is -2.09. The number of azo groups is 1. The Labute approximate surface area is 209 Å². The number of aromatic amines is 2. The molecule has 0 aliphatic rings. The van der Waals surface area contributed by atoms with E-state index in [0.717, 1.165) is 0 Å². The monoisotopic (exact) mass is 499 g/mol. The molecule has 1 heterocycles. The average Bonchev–Trinajstić information content (AvgIpc) is 3.24. The molecule has 0 aliphatic heterocycles. The first-order chi connectivity index (χ1) is 17.7. The summed E-state index contributed by atoms with van der Waals surface area (Å²) in [4.78, 5) is 64.9. The van der Waals surface area contributed by atoms with Crippen LogP contribution in [0.5, 0.6) is 0 Å². The van der Waals surface area contributed by atoms with E-state index < -0.39 is 29.5 Å². The maximum absolute atomic E-state index is 12.6. The van der Waals surface area contributed by atoms with E-state index in [4.69, 9.17) is 5.73 Å². The van der Waals surface area contributed by atoms with Crippen LogP contribution in [0.3, 0.4) is 0 Å². The Bertz CT molecular complexity index is 1580. The zero-order valence-corrected chi connectivity index (χ0v) is 19.4. The number of nitrogens with two attached hydrogens (primary N) is 1. The Balaban J connectivity index is 1.40. The highest BCUT2D eigenvalue weighted by Gasteiger charge is 2.23. The van der Waals surface area contributed by atoms with Gasteiger partial charge in [-0.1, -0.05) is 0 Å². The van der Waals surface area contributed by atoms with Gasteiger partial charge in [0, 0.05) is 22.5 Å². The minimum Gasteiger partial charge on any atom is -0.366 e. The fourth-order valence-corrected chi connectivity index (χ4v) is 3.36. The van der Waals surface area contributed by atoms with E-state index in [9.17, 15) is 24.0 Å². The molecule has 186 valence electrons. The summed E-state index contributed by atoms with van der Waals surface area (Å²) >= 11 is 0. The number of Topliss-reactive ketones (excluding diaryl/α,β-unsaturated/α-hetero) is 1. The lowest BCUT2D eigenvalue weighted by molar-refractivity contribution is -0.126. The SMILES string of the molecule is CC(=O)C(N=Nc1ccc(C(=O)Nc2ccc(C(N)=O)cc2)cc1)C(=O)Nc1ccc2[nH]c(=O)[nH]c2c1. The molecule has 1 unspecified atom stereocenters. The number of primary amides is 1. The molecule has 0 saturated carbocycles. The van der Waals surface area contributed by atoms with Crippen molar-refractivity contribution >= 4 is 51.6 Å². The Kier molecular flexibility index (Phi) is 7.00. The van der Waals surface area contributed by atoms with Gasteiger partial charge in [-0.05, 0) is 73.7 Å². The van der Waals surface area contributed by atoms with Crippen molar-refractivity contribution in [3.05, 3.63) is 88.3 Å². The lowest BCUT2D eigenvalue weighted by Crippen LogP contribution is -2.31. The van der Waals surface area contributed by atoms with Crippen LogP contribution in [0, 0.1) is 0 Å². The fourth-order valence-electron chi connectivity index (χ4n) is 3.36. The molecule has 0 saturated heterocycles. The van der Waals surface area contributed by atoms with Gasteiger partial charge in [-0.25, -0.2) is 4.79 Å². The van der Waals surface area contributed by atoms with Crippen molar-refractivity contribution in [1.29, 1.82) is 0 Å². The summed E-state index contributed by atoms with van der Waals surface area (Å²) in [5, 5.41) is 13.1. The molecule has 37 heavy (non-hydrogen) atoms. The van der Waals surface area contributed by atoms with Gasteiger partial charge >= 0.3 is 5.69 Å². The van der Waals surface area contributed by atoms with Gasteiger partial charge in [0.05, 0.1) is 16.7 Å². The number of carbonyl (C=O) groups excluding carboxylic acids is 4. The zero-order chi connectivity index (χ0) is 26.5. The van der Waals surface area contributed by atoms with Gasteiger partial charge in [0.15, 0.2) is 5.78 Å². The Morgan fingerprint density at radius 3 is 2.08 bits per heavy atom. The van der Waals surface area contributed by atoms with Gasteiger partial charge in [-0.15, -0.1) is 0 Å². The van der Waals surface area contributed by atoms with Crippen LogP contribution >= 0.6 is 0 Å². The van der Waals surface area contributed by atoms with Gasteiger partial charge < -0.3 is 26.3 Å². The van der Waals surface area contributed by atoms with Crippen molar-refractivity contribution in [3.63, 3.8) is 0 Å². The van der Waals surface area contributed by atoms with E-state index in [2.05, 4.69) is 30.8 Å². The maximum Gasteiger partial charge on any atom is 0.323 e. The third-order valence-corrected chi connectivity index (χ3v) is 5.26. The van der Waals surface area contributed by atoms with Crippen LogP contribution in [-0.2, 0) is 9.59 Å². The topological polar surface area (TPSA) is 192 Å². The molecule has 3 aromatic carbocycles. The van der Waals surface area contributed by atoms with Crippen molar-refractivity contribution < 1.29 is 19.2 Å². The number of nitrogens with one attached hydrogen (secondary N) is 4. The molecule has 0 aliphatic carbocycles. The van der Waals surface area contributed by atoms with Gasteiger partial charge in [0.2, 0.25) is 11.9 Å². The van der Waals surface area contributed by atoms with Crippen LogP contribution in [0.2, 0.25) is 0 Å². The number of benzene rings is 3. The summed E-state index contributed by atoms with van der Waals surface area (Å²) in [5.74, 6) is -2.16. The van der Waals surface area contributed by atoms with Crippen LogP contribution in [-0.4, -0.2) is 39.5 Å². The van der Waals surface area contributed by atoms with Crippen molar-refractivity contribution in [2.45, 2.75) is 13.0 Å². The molecule has 0 radical (unpaired) electrons. The number of fused-ring (bicyclic) bond motifs is 1. The number of anilines is 2. The highest BCUT2D eigenvalue weighted by atomic mass is 16.2. The largest absolute Gasteiger partial charge is 0.366 e. The van der Waals surface area contributed by atoms with Crippen LogP contribution in [0.1, 0.15) is 27.6 Å².